The number of benzene rings is 1. The zero-order valence-electron chi connectivity index (χ0n) is 17.4. The SMILES string of the molecule is CC(C)=O.CC(C)C.CCC(C)CC.CCc1ccc(F)c(P)c1. The fraction of sp³-hybridized carbons (Fsp3) is 0.667. The van der Waals surface area contributed by atoms with Crippen LogP contribution in [0.1, 0.15) is 80.7 Å². The number of carbonyl (C=O) groups excluding carboxylic acids is 1. The summed E-state index contributed by atoms with van der Waals surface area (Å²) in [5.74, 6) is 1.78. The molecule has 0 radical (unpaired) electrons. The number of hydrogen-bond donors (Lipinski definition) is 0. The minimum absolute atomic E-state index is 0.151. The van der Waals surface area contributed by atoms with Gasteiger partial charge in [-0.2, -0.15) is 0 Å². The van der Waals surface area contributed by atoms with Crippen molar-refractivity contribution in [2.24, 2.45) is 11.8 Å². The van der Waals surface area contributed by atoms with Gasteiger partial charge in [0.05, 0.1) is 0 Å². The number of aryl methyl sites for hydroxylation is 1. The predicted molar refractivity (Wildman–Crippen MR) is 112 cm³/mol. The smallest absolute Gasteiger partial charge is 0.130 e. The molecule has 0 aromatic heterocycles. The van der Waals surface area contributed by atoms with Crippen molar-refractivity contribution < 1.29 is 9.18 Å². The molecule has 1 aromatic carbocycles. The average Bonchev–Trinajstić information content (AvgIpc) is 2.48. The Hall–Kier alpha value is -0.750. The number of carbonyl (C=O) groups is 1. The molecule has 142 valence electrons. The van der Waals surface area contributed by atoms with Crippen LogP contribution in [0.5, 0.6) is 0 Å². The molecule has 0 aliphatic carbocycles. The molecular formula is C21H40FOP. The van der Waals surface area contributed by atoms with Gasteiger partial charge in [-0.3, -0.25) is 0 Å². The first-order chi connectivity index (χ1) is 11.0. The Morgan fingerprint density at radius 3 is 1.62 bits per heavy atom. The first-order valence-corrected chi connectivity index (χ1v) is 9.60. The fourth-order valence-electron chi connectivity index (χ4n) is 1.10. The third kappa shape index (κ3) is 26.2. The molecule has 0 saturated heterocycles. The monoisotopic (exact) mass is 358 g/mol. The van der Waals surface area contributed by atoms with Crippen LogP contribution in [0.3, 0.4) is 0 Å². The molecule has 0 heterocycles. The maximum atomic E-state index is 12.6. The van der Waals surface area contributed by atoms with Gasteiger partial charge in [0.25, 0.3) is 0 Å². The maximum Gasteiger partial charge on any atom is 0.130 e. The summed E-state index contributed by atoms with van der Waals surface area (Å²) in [6.07, 6.45) is 3.62. The number of Topliss-reactive ketones (excluding diaryl/α,β-unsaturated/α-hetero) is 1. The molecule has 0 N–H and O–H groups in total. The Morgan fingerprint density at radius 1 is 1.04 bits per heavy atom. The van der Waals surface area contributed by atoms with Gasteiger partial charge in [-0.1, -0.05) is 67.4 Å². The summed E-state index contributed by atoms with van der Waals surface area (Å²) in [5.41, 5.74) is 1.17. The molecule has 0 bridgehead atoms. The first-order valence-electron chi connectivity index (χ1n) is 9.02. The number of ketones is 1. The van der Waals surface area contributed by atoms with E-state index in [9.17, 15) is 9.18 Å². The van der Waals surface area contributed by atoms with Gasteiger partial charge in [0, 0.05) is 5.30 Å². The van der Waals surface area contributed by atoms with Gasteiger partial charge in [-0.05, 0) is 49.8 Å². The van der Waals surface area contributed by atoms with Crippen LogP contribution in [0.15, 0.2) is 18.2 Å². The lowest BCUT2D eigenvalue weighted by Gasteiger charge is -1.98. The number of hydrogen-bond acceptors (Lipinski definition) is 1. The molecule has 0 saturated carbocycles. The van der Waals surface area contributed by atoms with Crippen LogP contribution in [-0.2, 0) is 11.2 Å². The summed E-state index contributed by atoms with van der Waals surface area (Å²) in [5, 5.41) is 0.652. The van der Waals surface area contributed by atoms with Crippen molar-refractivity contribution in [1.82, 2.24) is 0 Å². The first kappa shape index (κ1) is 28.1. The Labute approximate surface area is 153 Å². The highest BCUT2D eigenvalue weighted by molar-refractivity contribution is 7.27. The van der Waals surface area contributed by atoms with Crippen LogP contribution in [0, 0.1) is 17.7 Å². The fourth-order valence-corrected chi connectivity index (χ4v) is 1.41. The molecule has 1 unspecified atom stereocenters. The van der Waals surface area contributed by atoms with Crippen molar-refractivity contribution in [3.05, 3.63) is 29.6 Å². The zero-order chi connectivity index (χ0) is 19.7. The van der Waals surface area contributed by atoms with E-state index in [-0.39, 0.29) is 11.6 Å². The van der Waals surface area contributed by atoms with Gasteiger partial charge >= 0.3 is 0 Å². The normalized spacial score (nSPS) is 9.21. The molecule has 1 aromatic rings. The van der Waals surface area contributed by atoms with Gasteiger partial charge in [-0.25, -0.2) is 4.39 Å². The van der Waals surface area contributed by atoms with Gasteiger partial charge in [-0.15, -0.1) is 9.24 Å². The van der Waals surface area contributed by atoms with Crippen LogP contribution in [0.25, 0.3) is 0 Å². The summed E-state index contributed by atoms with van der Waals surface area (Å²) in [6.45, 7) is 18.3. The van der Waals surface area contributed by atoms with Crippen molar-refractivity contribution >= 4 is 20.3 Å². The van der Waals surface area contributed by atoms with Crippen molar-refractivity contribution in [3.63, 3.8) is 0 Å². The highest BCUT2D eigenvalue weighted by Crippen LogP contribution is 2.04. The lowest BCUT2D eigenvalue weighted by atomic mass is 10.1. The van der Waals surface area contributed by atoms with E-state index in [1.165, 1.54) is 38.3 Å². The predicted octanol–water partition coefficient (Wildman–Crippen LogP) is 6.59. The Morgan fingerprint density at radius 2 is 1.42 bits per heavy atom. The summed E-state index contributed by atoms with van der Waals surface area (Å²) in [7, 11) is 2.38. The van der Waals surface area contributed by atoms with Crippen LogP contribution in [-0.4, -0.2) is 5.78 Å². The molecule has 0 fully saturated rings. The second kappa shape index (κ2) is 18.6. The average molecular weight is 359 g/mol. The van der Waals surface area contributed by atoms with Gasteiger partial charge < -0.3 is 4.79 Å². The lowest BCUT2D eigenvalue weighted by Crippen LogP contribution is -1.98. The molecule has 24 heavy (non-hydrogen) atoms. The molecule has 0 amide bonds. The largest absolute Gasteiger partial charge is 0.300 e. The second-order valence-corrected chi connectivity index (χ2v) is 7.39. The highest BCUT2D eigenvalue weighted by Gasteiger charge is 1.95. The standard InChI is InChI=1S/C8H10FP.C6H14.C4H10.C3H6O/c1-2-6-3-4-7(9)8(10)5-6;1-4-6(3)5-2;1-4(2)3;1-3(2)4/h3-5H,2,10H2,1H3;6H,4-5H2,1-3H3;4H,1-3H3;1-2H3. The van der Waals surface area contributed by atoms with E-state index in [4.69, 9.17) is 0 Å². The van der Waals surface area contributed by atoms with E-state index in [0.717, 1.165) is 18.3 Å². The molecule has 1 atom stereocenters. The van der Waals surface area contributed by atoms with E-state index in [2.05, 4.69) is 57.7 Å². The van der Waals surface area contributed by atoms with Crippen molar-refractivity contribution in [2.45, 2.75) is 81.6 Å². The van der Waals surface area contributed by atoms with Crippen LogP contribution < -0.4 is 5.30 Å². The van der Waals surface area contributed by atoms with Crippen LogP contribution >= 0.6 is 9.24 Å². The molecule has 0 aliphatic heterocycles. The van der Waals surface area contributed by atoms with E-state index in [1.807, 2.05) is 12.1 Å². The summed E-state index contributed by atoms with van der Waals surface area (Å²) >= 11 is 0. The van der Waals surface area contributed by atoms with Crippen LogP contribution in [0.2, 0.25) is 0 Å². The van der Waals surface area contributed by atoms with E-state index in [1.54, 1.807) is 0 Å². The lowest BCUT2D eigenvalue weighted by molar-refractivity contribution is -0.114. The molecule has 0 aliphatic rings. The number of halogens is 1. The Kier molecular flexibility index (Phi) is 21.7. The molecule has 1 rings (SSSR count). The molecular weight excluding hydrogens is 318 g/mol. The van der Waals surface area contributed by atoms with Gasteiger partial charge in [0.2, 0.25) is 0 Å². The minimum atomic E-state index is -0.151. The summed E-state index contributed by atoms with van der Waals surface area (Å²) in [6, 6.07) is 5.16. The molecule has 3 heteroatoms. The van der Waals surface area contributed by atoms with E-state index < -0.39 is 0 Å². The van der Waals surface area contributed by atoms with Crippen LogP contribution in [0.4, 0.5) is 4.39 Å². The van der Waals surface area contributed by atoms with E-state index in [0.29, 0.717) is 5.30 Å². The topological polar surface area (TPSA) is 17.1 Å². The third-order valence-electron chi connectivity index (χ3n) is 2.86. The van der Waals surface area contributed by atoms with Crippen molar-refractivity contribution in [3.8, 4) is 0 Å². The Bertz CT molecular complexity index is 406. The third-order valence-corrected chi connectivity index (χ3v) is 3.30. The molecule has 0 spiro atoms. The second-order valence-electron chi connectivity index (χ2n) is 6.77. The van der Waals surface area contributed by atoms with Gasteiger partial charge in [0.1, 0.15) is 11.6 Å². The quantitative estimate of drug-likeness (QED) is 0.557. The summed E-state index contributed by atoms with van der Waals surface area (Å²) < 4.78 is 12.6. The number of rotatable bonds is 3. The molecule has 1 nitrogen and oxygen atoms in total. The van der Waals surface area contributed by atoms with Gasteiger partial charge in [0.15, 0.2) is 0 Å². The highest BCUT2D eigenvalue weighted by atomic mass is 31.0. The van der Waals surface area contributed by atoms with Crippen molar-refractivity contribution in [2.75, 3.05) is 0 Å². The van der Waals surface area contributed by atoms with E-state index >= 15 is 0 Å². The minimum Gasteiger partial charge on any atom is -0.300 e. The maximum absolute atomic E-state index is 12.6. The Balaban J connectivity index is -0.000000271. The van der Waals surface area contributed by atoms with Crippen molar-refractivity contribution in [1.29, 1.82) is 0 Å². The summed E-state index contributed by atoms with van der Waals surface area (Å²) in [4.78, 5) is 9.44. The zero-order valence-corrected chi connectivity index (χ0v) is 18.5.